The van der Waals surface area contributed by atoms with Crippen molar-refractivity contribution in [2.75, 3.05) is 0 Å². The Hall–Kier alpha value is -3.96. The van der Waals surface area contributed by atoms with Crippen LogP contribution in [0.5, 0.6) is 11.5 Å². The van der Waals surface area contributed by atoms with Crippen LogP contribution in [0.15, 0.2) is 77.7 Å². The topological polar surface area (TPSA) is 75.3 Å². The van der Waals surface area contributed by atoms with Crippen LogP contribution in [0.3, 0.4) is 0 Å². The molecule has 0 atom stereocenters. The van der Waals surface area contributed by atoms with E-state index >= 15 is 0 Å². The number of amides is 2. The van der Waals surface area contributed by atoms with Gasteiger partial charge in [0, 0.05) is 17.1 Å². The number of carbonyl (C=O) groups is 2. The van der Waals surface area contributed by atoms with Crippen molar-refractivity contribution in [2.45, 2.75) is 20.4 Å². The molecule has 39 heavy (non-hydrogen) atoms. The summed E-state index contributed by atoms with van der Waals surface area (Å²) in [5.74, 6) is 0.970. The zero-order valence-electron chi connectivity index (χ0n) is 20.9. The molecule has 1 aliphatic heterocycles. The summed E-state index contributed by atoms with van der Waals surface area (Å²) in [6, 6.07) is 23.7. The second kappa shape index (κ2) is 11.0. The Kier molecular flexibility index (Phi) is 7.53. The van der Waals surface area contributed by atoms with Crippen LogP contribution in [-0.2, 0) is 11.3 Å². The predicted octanol–water partition coefficient (Wildman–Crippen LogP) is 8.30. The number of nitriles is 1. The lowest BCUT2D eigenvalue weighted by Crippen LogP contribution is -2.27. The molecule has 0 spiro atoms. The van der Waals surface area contributed by atoms with Crippen molar-refractivity contribution >= 4 is 52.2 Å². The number of rotatable bonds is 6. The number of hydrogen-bond donors (Lipinski definition) is 0. The van der Waals surface area contributed by atoms with Crippen LogP contribution >= 0.6 is 35.0 Å². The van der Waals surface area contributed by atoms with E-state index in [9.17, 15) is 9.59 Å². The molecule has 1 saturated heterocycles. The molecule has 194 valence electrons. The average molecular weight is 574 g/mol. The van der Waals surface area contributed by atoms with E-state index in [-0.39, 0.29) is 17.7 Å². The Morgan fingerprint density at radius 1 is 0.923 bits per heavy atom. The monoisotopic (exact) mass is 573 g/mol. The summed E-state index contributed by atoms with van der Waals surface area (Å²) in [6.07, 6.45) is 1.76. The van der Waals surface area contributed by atoms with Crippen molar-refractivity contribution < 1.29 is 14.3 Å². The van der Waals surface area contributed by atoms with Gasteiger partial charge in [-0.15, -0.1) is 0 Å². The Morgan fingerprint density at radius 3 is 2.23 bits per heavy atom. The second-order valence-corrected chi connectivity index (χ2v) is 10.7. The standard InChI is InChI=1S/C30H21Cl2N3O3S/c1-18-13-22(15-28-29(36)34(30(37)39-28)17-21-5-12-26(31)27(32)14-21)19(2)35(18)23-6-10-25(11-7-23)38-24-8-3-20(16-33)4-9-24/h3-15H,17H2,1-2H3/b28-15-. The van der Waals surface area contributed by atoms with E-state index in [2.05, 4.69) is 10.6 Å². The molecule has 0 aliphatic carbocycles. The van der Waals surface area contributed by atoms with Gasteiger partial charge in [-0.3, -0.25) is 14.5 Å². The maximum absolute atomic E-state index is 13.1. The average Bonchev–Trinajstić information content (AvgIpc) is 3.35. The Morgan fingerprint density at radius 2 is 1.59 bits per heavy atom. The summed E-state index contributed by atoms with van der Waals surface area (Å²) < 4.78 is 7.97. The van der Waals surface area contributed by atoms with Gasteiger partial charge in [-0.05, 0) is 110 Å². The molecule has 4 aromatic rings. The van der Waals surface area contributed by atoms with Crippen molar-refractivity contribution in [1.29, 1.82) is 5.26 Å². The van der Waals surface area contributed by atoms with Crippen LogP contribution in [0.1, 0.15) is 28.1 Å². The molecule has 5 rings (SSSR count). The number of imide groups is 1. The molecule has 0 radical (unpaired) electrons. The number of aryl methyl sites for hydroxylation is 1. The molecule has 1 aromatic heterocycles. The van der Waals surface area contributed by atoms with Gasteiger partial charge in [0.15, 0.2) is 0 Å². The maximum Gasteiger partial charge on any atom is 0.293 e. The lowest BCUT2D eigenvalue weighted by Gasteiger charge is -2.13. The lowest BCUT2D eigenvalue weighted by atomic mass is 10.2. The number of benzene rings is 3. The summed E-state index contributed by atoms with van der Waals surface area (Å²) >= 11 is 13.0. The fraction of sp³-hybridized carbons (Fsp3) is 0.100. The van der Waals surface area contributed by atoms with Gasteiger partial charge in [-0.25, -0.2) is 0 Å². The number of carbonyl (C=O) groups excluding carboxylic acids is 2. The van der Waals surface area contributed by atoms with Crippen molar-refractivity contribution in [3.8, 4) is 23.3 Å². The van der Waals surface area contributed by atoms with Gasteiger partial charge < -0.3 is 9.30 Å². The van der Waals surface area contributed by atoms with Gasteiger partial charge in [-0.2, -0.15) is 5.26 Å². The first-order valence-corrected chi connectivity index (χ1v) is 13.5. The van der Waals surface area contributed by atoms with Gasteiger partial charge in [-0.1, -0.05) is 29.3 Å². The fourth-order valence-corrected chi connectivity index (χ4v) is 5.48. The van der Waals surface area contributed by atoms with Crippen LogP contribution in [0.2, 0.25) is 10.0 Å². The molecule has 0 bridgehead atoms. The highest BCUT2D eigenvalue weighted by Gasteiger charge is 2.35. The van der Waals surface area contributed by atoms with Crippen molar-refractivity contribution in [3.05, 3.63) is 116 Å². The third kappa shape index (κ3) is 5.59. The quantitative estimate of drug-likeness (QED) is 0.217. The SMILES string of the molecule is Cc1cc(/C=C2\SC(=O)N(Cc3ccc(Cl)c(Cl)c3)C2=O)c(C)n1-c1ccc(Oc2ccc(C#N)cc2)cc1. The normalized spacial score (nSPS) is 14.2. The zero-order valence-corrected chi connectivity index (χ0v) is 23.3. The van der Waals surface area contributed by atoms with Gasteiger partial charge >= 0.3 is 0 Å². The summed E-state index contributed by atoms with van der Waals surface area (Å²) in [5.41, 5.74) is 5.00. The van der Waals surface area contributed by atoms with E-state index in [0.29, 0.717) is 32.0 Å². The first kappa shape index (κ1) is 26.6. The van der Waals surface area contributed by atoms with Crippen LogP contribution in [-0.4, -0.2) is 20.6 Å². The third-order valence-corrected chi connectivity index (χ3v) is 7.92. The maximum atomic E-state index is 13.1. The molecule has 0 saturated carbocycles. The number of thioether (sulfide) groups is 1. The fourth-order valence-electron chi connectivity index (χ4n) is 4.33. The summed E-state index contributed by atoms with van der Waals surface area (Å²) in [6.45, 7) is 4.08. The molecule has 1 fully saturated rings. The minimum atomic E-state index is -0.342. The molecule has 9 heteroatoms. The van der Waals surface area contributed by atoms with E-state index in [1.807, 2.05) is 44.2 Å². The number of ether oxygens (including phenoxy) is 1. The molecule has 1 aliphatic rings. The highest BCUT2D eigenvalue weighted by molar-refractivity contribution is 8.18. The highest BCUT2D eigenvalue weighted by Crippen LogP contribution is 2.35. The summed E-state index contributed by atoms with van der Waals surface area (Å²) in [7, 11) is 0. The Balaban J connectivity index is 1.34. The van der Waals surface area contributed by atoms with Gasteiger partial charge in [0.05, 0.1) is 33.1 Å². The van der Waals surface area contributed by atoms with Crippen LogP contribution < -0.4 is 4.74 Å². The van der Waals surface area contributed by atoms with E-state index < -0.39 is 0 Å². The molecule has 6 nitrogen and oxygen atoms in total. The molecule has 0 N–H and O–H groups in total. The van der Waals surface area contributed by atoms with Crippen molar-refractivity contribution in [3.63, 3.8) is 0 Å². The number of nitrogens with zero attached hydrogens (tertiary/aromatic N) is 3. The minimum absolute atomic E-state index is 0.120. The van der Waals surface area contributed by atoms with Gasteiger partial charge in [0.1, 0.15) is 11.5 Å². The smallest absolute Gasteiger partial charge is 0.293 e. The summed E-state index contributed by atoms with van der Waals surface area (Å²) in [4.78, 5) is 27.3. The zero-order chi connectivity index (χ0) is 27.7. The van der Waals surface area contributed by atoms with E-state index in [1.165, 1.54) is 4.90 Å². The van der Waals surface area contributed by atoms with E-state index in [0.717, 1.165) is 40.0 Å². The van der Waals surface area contributed by atoms with Crippen molar-refractivity contribution in [2.24, 2.45) is 0 Å². The Labute approximate surface area is 240 Å². The number of aromatic nitrogens is 1. The van der Waals surface area contributed by atoms with Crippen LogP contribution in [0.4, 0.5) is 4.79 Å². The number of hydrogen-bond acceptors (Lipinski definition) is 5. The third-order valence-electron chi connectivity index (χ3n) is 6.27. The lowest BCUT2D eigenvalue weighted by molar-refractivity contribution is -0.123. The number of halogens is 2. The predicted molar refractivity (Wildman–Crippen MR) is 154 cm³/mol. The summed E-state index contributed by atoms with van der Waals surface area (Å²) in [5, 5.41) is 9.41. The molecule has 3 aromatic carbocycles. The molecule has 0 unspecified atom stereocenters. The molecule has 2 heterocycles. The van der Waals surface area contributed by atoms with Gasteiger partial charge in [0.2, 0.25) is 0 Å². The molecule has 2 amide bonds. The Bertz CT molecular complexity index is 1670. The molecular weight excluding hydrogens is 553 g/mol. The first-order chi connectivity index (χ1) is 18.7. The van der Waals surface area contributed by atoms with E-state index in [4.69, 9.17) is 33.2 Å². The molecular formula is C30H21Cl2N3O3S. The highest BCUT2D eigenvalue weighted by atomic mass is 35.5. The van der Waals surface area contributed by atoms with Crippen LogP contribution in [0.25, 0.3) is 11.8 Å². The van der Waals surface area contributed by atoms with E-state index in [1.54, 1.807) is 48.5 Å². The second-order valence-electron chi connectivity index (χ2n) is 8.91. The van der Waals surface area contributed by atoms with Gasteiger partial charge in [0.25, 0.3) is 11.1 Å². The van der Waals surface area contributed by atoms with Crippen molar-refractivity contribution in [1.82, 2.24) is 9.47 Å². The largest absolute Gasteiger partial charge is 0.457 e. The van der Waals surface area contributed by atoms with Crippen LogP contribution in [0, 0.1) is 25.2 Å². The minimum Gasteiger partial charge on any atom is -0.457 e. The first-order valence-electron chi connectivity index (χ1n) is 11.9.